The van der Waals surface area contributed by atoms with E-state index in [-0.39, 0.29) is 11.8 Å². The minimum absolute atomic E-state index is 0.135. The third kappa shape index (κ3) is 5.84. The molecule has 0 aliphatic carbocycles. The van der Waals surface area contributed by atoms with Crippen molar-refractivity contribution >= 4 is 10.0 Å². The summed E-state index contributed by atoms with van der Waals surface area (Å²) in [7, 11) is -3.12. The van der Waals surface area contributed by atoms with E-state index in [2.05, 4.69) is 30.8 Å². The second-order valence-corrected chi connectivity index (χ2v) is 7.35. The Hall–Kier alpha value is -0.130. The summed E-state index contributed by atoms with van der Waals surface area (Å²) < 4.78 is 26.5. The lowest BCUT2D eigenvalue weighted by Crippen LogP contribution is -2.43. The molecule has 1 aliphatic rings. The van der Waals surface area contributed by atoms with E-state index in [0.29, 0.717) is 18.4 Å². The lowest BCUT2D eigenvalue weighted by Gasteiger charge is -2.24. The summed E-state index contributed by atoms with van der Waals surface area (Å²) in [6.45, 7) is 7.80. The highest BCUT2D eigenvalue weighted by Crippen LogP contribution is 2.10. The zero-order chi connectivity index (χ0) is 12.9. The molecule has 1 saturated heterocycles. The summed E-state index contributed by atoms with van der Waals surface area (Å²) in [5.74, 6) is 1.10. The third-order valence-corrected chi connectivity index (χ3v) is 5.04. The van der Waals surface area contributed by atoms with Gasteiger partial charge in [-0.2, -0.15) is 0 Å². The molecule has 2 unspecified atom stereocenters. The highest BCUT2D eigenvalue weighted by molar-refractivity contribution is 7.89. The topological polar surface area (TPSA) is 58.2 Å². The summed E-state index contributed by atoms with van der Waals surface area (Å²) in [6, 6.07) is 0.135. The van der Waals surface area contributed by atoms with Gasteiger partial charge < -0.3 is 5.32 Å². The summed E-state index contributed by atoms with van der Waals surface area (Å²) in [5.41, 5.74) is 0. The van der Waals surface area contributed by atoms with Crippen LogP contribution >= 0.6 is 0 Å². The van der Waals surface area contributed by atoms with Gasteiger partial charge in [0.25, 0.3) is 0 Å². The summed E-state index contributed by atoms with van der Waals surface area (Å²) in [5, 5.41) is 3.27. The van der Waals surface area contributed by atoms with Crippen LogP contribution in [0.4, 0.5) is 0 Å². The third-order valence-electron chi connectivity index (χ3n) is 3.60. The Labute approximate surface area is 106 Å². The number of nitrogens with one attached hydrogen (secondary N) is 2. The van der Waals surface area contributed by atoms with Crippen LogP contribution in [0, 0.1) is 11.8 Å². The minimum Gasteiger partial charge on any atom is -0.313 e. The lowest BCUT2D eigenvalue weighted by atomic mass is 9.99. The van der Waals surface area contributed by atoms with Crippen molar-refractivity contribution in [1.29, 1.82) is 0 Å². The number of hydrogen-bond donors (Lipinski definition) is 2. The summed E-state index contributed by atoms with van der Waals surface area (Å²) in [4.78, 5) is 0. The first kappa shape index (κ1) is 14.9. The predicted octanol–water partition coefficient (Wildman–Crippen LogP) is 1.34. The largest absolute Gasteiger partial charge is 0.313 e. The van der Waals surface area contributed by atoms with Gasteiger partial charge in [-0.15, -0.1) is 0 Å². The number of piperidine rings is 1. The molecule has 1 rings (SSSR count). The van der Waals surface area contributed by atoms with Crippen molar-refractivity contribution in [3.63, 3.8) is 0 Å². The van der Waals surface area contributed by atoms with Gasteiger partial charge in [0.15, 0.2) is 0 Å². The van der Waals surface area contributed by atoms with Gasteiger partial charge in [-0.05, 0) is 31.2 Å². The maximum absolute atomic E-state index is 11.9. The fraction of sp³-hybridized carbons (Fsp3) is 1.00. The van der Waals surface area contributed by atoms with Crippen LogP contribution in [0.25, 0.3) is 0 Å². The van der Waals surface area contributed by atoms with Crippen molar-refractivity contribution in [2.24, 2.45) is 11.8 Å². The molecule has 0 spiro atoms. The van der Waals surface area contributed by atoms with Crippen molar-refractivity contribution in [3.8, 4) is 0 Å². The normalized spacial score (nSPS) is 23.9. The van der Waals surface area contributed by atoms with Crippen LogP contribution in [0.3, 0.4) is 0 Å². The van der Waals surface area contributed by atoms with E-state index in [1.807, 2.05) is 0 Å². The van der Waals surface area contributed by atoms with Crippen LogP contribution in [0.2, 0.25) is 0 Å². The molecule has 0 saturated carbocycles. The summed E-state index contributed by atoms with van der Waals surface area (Å²) >= 11 is 0. The van der Waals surface area contributed by atoms with E-state index in [1.54, 1.807) is 0 Å². The van der Waals surface area contributed by atoms with Gasteiger partial charge in [-0.25, -0.2) is 13.1 Å². The number of hydrogen-bond acceptors (Lipinski definition) is 3. The first-order valence-corrected chi connectivity index (χ1v) is 8.26. The molecule has 0 aromatic carbocycles. The lowest BCUT2D eigenvalue weighted by molar-refractivity contribution is 0.407. The number of sulfonamides is 1. The molecule has 2 atom stereocenters. The second kappa shape index (κ2) is 6.71. The maximum Gasteiger partial charge on any atom is 0.213 e. The quantitative estimate of drug-likeness (QED) is 0.759. The first-order valence-electron chi connectivity index (χ1n) is 6.61. The molecule has 1 fully saturated rings. The van der Waals surface area contributed by atoms with Gasteiger partial charge >= 0.3 is 0 Å². The van der Waals surface area contributed by atoms with Crippen molar-refractivity contribution < 1.29 is 8.42 Å². The molecular formula is C12H26N2O2S. The Morgan fingerprint density at radius 1 is 1.29 bits per heavy atom. The Morgan fingerprint density at radius 3 is 2.53 bits per heavy atom. The van der Waals surface area contributed by atoms with Crippen molar-refractivity contribution in [3.05, 3.63) is 0 Å². The van der Waals surface area contributed by atoms with Gasteiger partial charge in [-0.3, -0.25) is 0 Å². The molecule has 0 amide bonds. The Balaban J connectivity index is 2.34. The summed E-state index contributed by atoms with van der Waals surface area (Å²) in [6.07, 6.45) is 3.27. The van der Waals surface area contributed by atoms with Crippen molar-refractivity contribution in [2.75, 3.05) is 18.8 Å². The second-order valence-electron chi connectivity index (χ2n) is 5.50. The van der Waals surface area contributed by atoms with E-state index in [0.717, 1.165) is 25.8 Å². The fourth-order valence-electron chi connectivity index (χ4n) is 1.88. The zero-order valence-corrected chi connectivity index (χ0v) is 12.0. The highest BCUT2D eigenvalue weighted by atomic mass is 32.2. The standard InChI is InChI=1S/C12H26N2O2S/c1-10(2)11(3)8-14-17(15,16)9-12-6-4-5-7-13-12/h10-14H,4-9H2,1-3H3. The maximum atomic E-state index is 11.9. The van der Waals surface area contributed by atoms with Crippen LogP contribution in [-0.4, -0.2) is 33.3 Å². The smallest absolute Gasteiger partial charge is 0.213 e. The highest BCUT2D eigenvalue weighted by Gasteiger charge is 2.21. The molecule has 17 heavy (non-hydrogen) atoms. The van der Waals surface area contributed by atoms with Crippen molar-refractivity contribution in [1.82, 2.24) is 10.0 Å². The van der Waals surface area contributed by atoms with E-state index in [1.165, 1.54) is 0 Å². The van der Waals surface area contributed by atoms with E-state index < -0.39 is 10.0 Å². The molecule has 1 aliphatic heterocycles. The molecule has 4 nitrogen and oxygen atoms in total. The average molecular weight is 262 g/mol. The van der Waals surface area contributed by atoms with Crippen molar-refractivity contribution in [2.45, 2.75) is 46.1 Å². The van der Waals surface area contributed by atoms with Crippen LogP contribution in [-0.2, 0) is 10.0 Å². The predicted molar refractivity (Wildman–Crippen MR) is 71.4 cm³/mol. The van der Waals surface area contributed by atoms with Gasteiger partial charge in [0.2, 0.25) is 10.0 Å². The SMILES string of the molecule is CC(C)C(C)CNS(=O)(=O)CC1CCCCN1. The van der Waals surface area contributed by atoms with Crippen LogP contribution in [0.5, 0.6) is 0 Å². The van der Waals surface area contributed by atoms with E-state index >= 15 is 0 Å². The fourth-order valence-corrected chi connectivity index (χ4v) is 3.33. The van der Waals surface area contributed by atoms with E-state index in [4.69, 9.17) is 0 Å². The Morgan fingerprint density at radius 2 is 2.00 bits per heavy atom. The molecule has 0 aromatic heterocycles. The van der Waals surface area contributed by atoms with Crippen LogP contribution in [0.1, 0.15) is 40.0 Å². The molecule has 0 bridgehead atoms. The average Bonchev–Trinajstić information content (AvgIpc) is 2.26. The molecule has 102 valence electrons. The Bertz CT molecular complexity index is 308. The number of rotatable bonds is 6. The minimum atomic E-state index is -3.12. The molecular weight excluding hydrogens is 236 g/mol. The van der Waals surface area contributed by atoms with Gasteiger partial charge in [-0.1, -0.05) is 27.2 Å². The first-order chi connectivity index (χ1) is 7.91. The zero-order valence-electron chi connectivity index (χ0n) is 11.2. The van der Waals surface area contributed by atoms with Gasteiger partial charge in [0.05, 0.1) is 5.75 Å². The van der Waals surface area contributed by atoms with Gasteiger partial charge in [0.1, 0.15) is 0 Å². The molecule has 2 N–H and O–H groups in total. The van der Waals surface area contributed by atoms with Gasteiger partial charge in [0, 0.05) is 12.6 Å². The molecule has 0 radical (unpaired) electrons. The molecule has 5 heteroatoms. The van der Waals surface area contributed by atoms with Crippen LogP contribution in [0.15, 0.2) is 0 Å². The van der Waals surface area contributed by atoms with E-state index in [9.17, 15) is 8.42 Å². The molecule has 1 heterocycles. The molecule has 0 aromatic rings. The monoisotopic (exact) mass is 262 g/mol. The Kier molecular flexibility index (Phi) is 5.89. The van der Waals surface area contributed by atoms with Crippen LogP contribution < -0.4 is 10.0 Å².